The summed E-state index contributed by atoms with van der Waals surface area (Å²) >= 11 is 0. The van der Waals surface area contributed by atoms with Crippen molar-refractivity contribution in [1.29, 1.82) is 0 Å². The Morgan fingerprint density at radius 1 is 1.14 bits per heavy atom. The zero-order valence-corrected chi connectivity index (χ0v) is 15.6. The Hall–Kier alpha value is -3.50. The van der Waals surface area contributed by atoms with Crippen molar-refractivity contribution >= 4 is 44.8 Å². The minimum absolute atomic E-state index is 0.0226. The second-order valence-electron chi connectivity index (χ2n) is 6.16. The van der Waals surface area contributed by atoms with E-state index in [4.69, 9.17) is 5.14 Å². The van der Waals surface area contributed by atoms with Gasteiger partial charge in [-0.15, -0.1) is 0 Å². The number of nitrogens with zero attached hydrogens (tertiary/aromatic N) is 3. The lowest BCUT2D eigenvalue weighted by molar-refractivity contribution is 0.102. The van der Waals surface area contributed by atoms with Gasteiger partial charge >= 0.3 is 0 Å². The Labute approximate surface area is 161 Å². The molecule has 9 nitrogen and oxygen atoms in total. The fraction of sp³-hybridized carbons (Fsp3) is 0.0556. The highest BCUT2D eigenvalue weighted by Gasteiger charge is 2.24. The number of para-hydroxylation sites is 1. The highest BCUT2D eigenvalue weighted by molar-refractivity contribution is 7.89. The van der Waals surface area contributed by atoms with Crippen molar-refractivity contribution in [1.82, 2.24) is 9.97 Å². The maximum Gasteiger partial charge on any atom is 0.257 e. The van der Waals surface area contributed by atoms with E-state index in [0.29, 0.717) is 28.4 Å². The van der Waals surface area contributed by atoms with Crippen molar-refractivity contribution in [2.75, 3.05) is 22.6 Å². The van der Waals surface area contributed by atoms with Gasteiger partial charge < -0.3 is 15.5 Å². The molecule has 0 bridgehead atoms. The Bertz CT molecular complexity index is 1200. The van der Waals surface area contributed by atoms with Crippen molar-refractivity contribution in [3.8, 4) is 0 Å². The summed E-state index contributed by atoms with van der Waals surface area (Å²) in [5.74, 6) is 0.496. The number of primary sulfonamides is 1. The molecule has 28 heavy (non-hydrogen) atoms. The van der Waals surface area contributed by atoms with E-state index >= 15 is 0 Å². The first kappa shape index (κ1) is 17.9. The third kappa shape index (κ3) is 3.26. The number of amides is 1. The monoisotopic (exact) mass is 396 g/mol. The maximum absolute atomic E-state index is 12.4. The summed E-state index contributed by atoms with van der Waals surface area (Å²) in [5, 5.41) is 10.9. The van der Waals surface area contributed by atoms with Crippen molar-refractivity contribution in [2.24, 2.45) is 5.14 Å². The minimum atomic E-state index is -3.82. The molecular formula is C18H16N6O3S. The van der Waals surface area contributed by atoms with Crippen LogP contribution in [0.25, 0.3) is 0 Å². The van der Waals surface area contributed by atoms with E-state index in [-0.39, 0.29) is 16.8 Å². The summed E-state index contributed by atoms with van der Waals surface area (Å²) in [5.41, 5.74) is 2.16. The molecule has 0 fully saturated rings. The highest BCUT2D eigenvalue weighted by atomic mass is 32.2. The van der Waals surface area contributed by atoms with Gasteiger partial charge in [0.05, 0.1) is 22.3 Å². The number of hydrogen-bond acceptors (Lipinski definition) is 7. The topological polar surface area (TPSA) is 130 Å². The molecule has 1 aliphatic heterocycles. The number of fused-ring (bicyclic) bond motifs is 2. The smallest absolute Gasteiger partial charge is 0.257 e. The molecule has 0 saturated heterocycles. The van der Waals surface area contributed by atoms with Gasteiger partial charge in [0, 0.05) is 12.7 Å². The van der Waals surface area contributed by atoms with Crippen LogP contribution < -0.4 is 20.7 Å². The summed E-state index contributed by atoms with van der Waals surface area (Å²) in [4.78, 5) is 22.9. The Morgan fingerprint density at radius 3 is 2.71 bits per heavy atom. The van der Waals surface area contributed by atoms with Crippen LogP contribution in [0.2, 0.25) is 0 Å². The lowest BCUT2D eigenvalue weighted by atomic mass is 10.1. The summed E-state index contributed by atoms with van der Waals surface area (Å²) in [7, 11) is -2.02. The summed E-state index contributed by atoms with van der Waals surface area (Å²) < 4.78 is 23.1. The fourth-order valence-corrected chi connectivity index (χ4v) is 3.48. The number of carbonyl (C=O) groups excluding carboxylic acids is 1. The van der Waals surface area contributed by atoms with Gasteiger partial charge in [0.25, 0.3) is 5.91 Å². The first-order valence-corrected chi connectivity index (χ1v) is 9.78. The van der Waals surface area contributed by atoms with Gasteiger partial charge in [0.1, 0.15) is 5.69 Å². The number of nitrogens with two attached hydrogens (primary N) is 1. The minimum Gasteiger partial charge on any atom is -0.327 e. The summed E-state index contributed by atoms with van der Waals surface area (Å²) in [6.45, 7) is 0. The lowest BCUT2D eigenvalue weighted by Crippen LogP contribution is -2.14. The molecule has 10 heteroatoms. The normalized spacial score (nSPS) is 13.2. The number of carbonyl (C=O) groups is 1. The first-order valence-electron chi connectivity index (χ1n) is 8.24. The Balaban J connectivity index is 1.72. The molecule has 4 rings (SSSR count). The summed E-state index contributed by atoms with van der Waals surface area (Å²) in [6, 6.07) is 13.2. The van der Waals surface area contributed by atoms with Crippen LogP contribution in [0.4, 0.5) is 28.8 Å². The predicted octanol–water partition coefficient (Wildman–Crippen LogP) is 2.20. The van der Waals surface area contributed by atoms with Gasteiger partial charge in [0.2, 0.25) is 16.0 Å². The Morgan fingerprint density at radius 2 is 1.93 bits per heavy atom. The average Bonchev–Trinajstić information content (AvgIpc) is 2.77. The molecule has 3 aromatic rings. The molecular weight excluding hydrogens is 380 g/mol. The van der Waals surface area contributed by atoms with Crippen molar-refractivity contribution in [2.45, 2.75) is 4.90 Å². The lowest BCUT2D eigenvalue weighted by Gasteiger charge is -2.19. The molecule has 2 heterocycles. The SMILES string of the molecule is CN1c2ccccc2C(=O)Nc2cnc(Nc3cccc(S(N)(=O)=O)c3)nc21. The largest absolute Gasteiger partial charge is 0.327 e. The summed E-state index contributed by atoms with van der Waals surface area (Å²) in [6.07, 6.45) is 1.49. The number of benzene rings is 2. The number of aromatic nitrogens is 2. The molecule has 4 N–H and O–H groups in total. The van der Waals surface area contributed by atoms with Gasteiger partial charge in [-0.2, -0.15) is 4.98 Å². The standard InChI is InChI=1S/C18H16N6O3S/c1-24-15-8-3-2-7-13(15)17(25)22-14-10-20-18(23-16(14)24)21-11-5-4-6-12(9-11)28(19,26)27/h2-10H,1H3,(H,22,25)(H2,19,26,27)(H,20,21,23). The molecule has 0 aliphatic carbocycles. The zero-order chi connectivity index (χ0) is 19.9. The van der Waals surface area contributed by atoms with Crippen molar-refractivity contribution < 1.29 is 13.2 Å². The molecule has 1 aromatic heterocycles. The van der Waals surface area contributed by atoms with Crippen LogP contribution in [-0.2, 0) is 10.0 Å². The van der Waals surface area contributed by atoms with E-state index in [1.165, 1.54) is 18.3 Å². The van der Waals surface area contributed by atoms with E-state index in [9.17, 15) is 13.2 Å². The molecule has 0 atom stereocenters. The molecule has 0 spiro atoms. The van der Waals surface area contributed by atoms with E-state index in [0.717, 1.165) is 0 Å². The number of rotatable bonds is 3. The molecule has 0 unspecified atom stereocenters. The van der Waals surface area contributed by atoms with Crippen LogP contribution in [0.15, 0.2) is 59.6 Å². The van der Waals surface area contributed by atoms with E-state index in [2.05, 4.69) is 20.6 Å². The molecule has 142 valence electrons. The second kappa shape index (κ2) is 6.59. The molecule has 1 amide bonds. The first-order chi connectivity index (χ1) is 13.3. The van der Waals surface area contributed by atoms with Gasteiger partial charge in [-0.25, -0.2) is 18.5 Å². The van der Waals surface area contributed by atoms with E-state index in [1.54, 1.807) is 36.2 Å². The van der Waals surface area contributed by atoms with E-state index < -0.39 is 10.0 Å². The Kier molecular flexibility index (Phi) is 4.21. The number of nitrogens with one attached hydrogen (secondary N) is 2. The van der Waals surface area contributed by atoms with Crippen LogP contribution >= 0.6 is 0 Å². The average molecular weight is 396 g/mol. The second-order valence-corrected chi connectivity index (χ2v) is 7.72. The third-order valence-corrected chi connectivity index (χ3v) is 5.17. The molecule has 0 radical (unpaired) electrons. The van der Waals surface area contributed by atoms with Gasteiger partial charge in [-0.05, 0) is 30.3 Å². The number of hydrogen-bond donors (Lipinski definition) is 3. The molecule has 2 aromatic carbocycles. The maximum atomic E-state index is 12.4. The van der Waals surface area contributed by atoms with Gasteiger partial charge in [0.15, 0.2) is 5.82 Å². The number of sulfonamides is 1. The van der Waals surface area contributed by atoms with Crippen molar-refractivity contribution in [3.05, 3.63) is 60.3 Å². The van der Waals surface area contributed by atoms with Crippen LogP contribution in [0.1, 0.15) is 10.4 Å². The van der Waals surface area contributed by atoms with Gasteiger partial charge in [-0.3, -0.25) is 4.79 Å². The third-order valence-electron chi connectivity index (χ3n) is 4.26. The van der Waals surface area contributed by atoms with Crippen LogP contribution in [-0.4, -0.2) is 31.3 Å². The predicted molar refractivity (Wildman–Crippen MR) is 106 cm³/mol. The van der Waals surface area contributed by atoms with Crippen LogP contribution in [0, 0.1) is 0 Å². The quantitative estimate of drug-likeness (QED) is 0.618. The molecule has 0 saturated carbocycles. The van der Waals surface area contributed by atoms with Gasteiger partial charge in [-0.1, -0.05) is 18.2 Å². The zero-order valence-electron chi connectivity index (χ0n) is 14.7. The fourth-order valence-electron chi connectivity index (χ4n) is 2.92. The van der Waals surface area contributed by atoms with E-state index in [1.807, 2.05) is 12.1 Å². The number of anilines is 5. The highest BCUT2D eigenvalue weighted by Crippen LogP contribution is 2.35. The van der Waals surface area contributed by atoms with Crippen LogP contribution in [0.3, 0.4) is 0 Å². The molecule has 1 aliphatic rings. The van der Waals surface area contributed by atoms with Crippen molar-refractivity contribution in [3.63, 3.8) is 0 Å². The van der Waals surface area contributed by atoms with Crippen LogP contribution in [0.5, 0.6) is 0 Å².